The molecular formula is C24H34N4O2S2. The van der Waals surface area contributed by atoms with E-state index in [1.165, 1.54) is 49.1 Å². The number of amides is 1. The van der Waals surface area contributed by atoms with Crippen LogP contribution in [0.15, 0.2) is 4.79 Å². The van der Waals surface area contributed by atoms with Crippen molar-refractivity contribution < 1.29 is 4.79 Å². The molecule has 2 aromatic rings. The third kappa shape index (κ3) is 5.07. The van der Waals surface area contributed by atoms with Crippen molar-refractivity contribution in [1.82, 2.24) is 19.8 Å². The standard InChI is InChI=1S/C24H34N4O2S2/c29-21(28-11-5-10-27(12-13-28)14-17-6-2-1-3-7-17)16-31-15-20-25-23(30)22-18-8-4-9-19(18)32-24(22)26-20/h17H,1-16H2,(H,25,26,30). The summed E-state index contributed by atoms with van der Waals surface area (Å²) < 4.78 is 0. The van der Waals surface area contributed by atoms with E-state index in [1.54, 1.807) is 23.1 Å². The number of nitrogens with one attached hydrogen (secondary N) is 1. The predicted octanol–water partition coefficient (Wildman–Crippen LogP) is 3.82. The zero-order valence-electron chi connectivity index (χ0n) is 18.9. The van der Waals surface area contributed by atoms with Gasteiger partial charge in [0.15, 0.2) is 0 Å². The molecule has 174 valence electrons. The van der Waals surface area contributed by atoms with Gasteiger partial charge in [0.1, 0.15) is 10.7 Å². The lowest BCUT2D eigenvalue weighted by Crippen LogP contribution is -2.37. The summed E-state index contributed by atoms with van der Waals surface area (Å²) in [6.45, 7) is 5.03. The molecule has 2 fully saturated rings. The number of aryl methyl sites for hydroxylation is 2. The molecule has 3 heterocycles. The molecule has 0 atom stereocenters. The zero-order valence-corrected chi connectivity index (χ0v) is 20.5. The lowest BCUT2D eigenvalue weighted by molar-refractivity contribution is -0.128. The first-order chi connectivity index (χ1) is 15.7. The third-order valence-corrected chi connectivity index (χ3v) is 9.39. The number of aromatic amines is 1. The number of fused-ring (bicyclic) bond motifs is 3. The maximum atomic E-state index is 12.8. The molecule has 1 N–H and O–H groups in total. The lowest BCUT2D eigenvalue weighted by Gasteiger charge is -2.28. The number of hydrogen-bond acceptors (Lipinski definition) is 6. The van der Waals surface area contributed by atoms with Crippen molar-refractivity contribution in [3.05, 3.63) is 26.6 Å². The fourth-order valence-electron chi connectivity index (χ4n) is 5.58. The van der Waals surface area contributed by atoms with E-state index in [0.717, 1.165) is 68.0 Å². The summed E-state index contributed by atoms with van der Waals surface area (Å²) in [5.74, 6) is 2.78. The fraction of sp³-hybridized carbons (Fsp3) is 0.708. The molecule has 8 heteroatoms. The van der Waals surface area contributed by atoms with Crippen molar-refractivity contribution in [2.24, 2.45) is 5.92 Å². The number of thiophene rings is 1. The summed E-state index contributed by atoms with van der Waals surface area (Å²) in [6, 6.07) is 0. The molecule has 1 saturated heterocycles. The van der Waals surface area contributed by atoms with E-state index in [2.05, 4.69) is 9.88 Å². The molecule has 1 amide bonds. The van der Waals surface area contributed by atoms with Crippen molar-refractivity contribution in [2.45, 2.75) is 63.5 Å². The molecule has 2 aliphatic carbocycles. The number of hydrogen-bond donors (Lipinski definition) is 1. The van der Waals surface area contributed by atoms with Crippen LogP contribution in [0.2, 0.25) is 0 Å². The highest BCUT2D eigenvalue weighted by atomic mass is 32.2. The largest absolute Gasteiger partial charge is 0.341 e. The van der Waals surface area contributed by atoms with Crippen molar-refractivity contribution in [1.29, 1.82) is 0 Å². The fourth-order valence-corrected chi connectivity index (χ4v) is 7.65. The molecule has 0 radical (unpaired) electrons. The van der Waals surface area contributed by atoms with Crippen LogP contribution in [0.4, 0.5) is 0 Å². The summed E-state index contributed by atoms with van der Waals surface area (Å²) in [5, 5.41) is 0.801. The number of H-pyrrole nitrogens is 1. The van der Waals surface area contributed by atoms with Crippen LogP contribution in [-0.4, -0.2) is 64.2 Å². The molecule has 0 spiro atoms. The van der Waals surface area contributed by atoms with Crippen LogP contribution in [0.5, 0.6) is 0 Å². The molecule has 1 saturated carbocycles. The Morgan fingerprint density at radius 2 is 1.94 bits per heavy atom. The van der Waals surface area contributed by atoms with E-state index < -0.39 is 0 Å². The molecule has 2 aromatic heterocycles. The van der Waals surface area contributed by atoms with Crippen LogP contribution in [0, 0.1) is 5.92 Å². The smallest absolute Gasteiger partial charge is 0.259 e. The van der Waals surface area contributed by atoms with Gasteiger partial charge in [-0.1, -0.05) is 19.3 Å². The highest BCUT2D eigenvalue weighted by Gasteiger charge is 2.23. The van der Waals surface area contributed by atoms with Gasteiger partial charge in [0.2, 0.25) is 5.91 Å². The maximum absolute atomic E-state index is 12.8. The molecule has 5 rings (SSSR count). The molecule has 0 unspecified atom stereocenters. The highest BCUT2D eigenvalue weighted by molar-refractivity contribution is 7.99. The summed E-state index contributed by atoms with van der Waals surface area (Å²) in [5.41, 5.74) is 1.20. The van der Waals surface area contributed by atoms with Crippen LogP contribution < -0.4 is 5.56 Å². The van der Waals surface area contributed by atoms with Crippen molar-refractivity contribution >= 4 is 39.2 Å². The summed E-state index contributed by atoms with van der Waals surface area (Å²) in [4.78, 5) is 39.9. The average molecular weight is 475 g/mol. The van der Waals surface area contributed by atoms with Crippen molar-refractivity contribution in [2.75, 3.05) is 38.5 Å². The van der Waals surface area contributed by atoms with E-state index >= 15 is 0 Å². The van der Waals surface area contributed by atoms with Gasteiger partial charge in [0.05, 0.1) is 16.9 Å². The number of aromatic nitrogens is 2. The van der Waals surface area contributed by atoms with E-state index in [0.29, 0.717) is 17.3 Å². The maximum Gasteiger partial charge on any atom is 0.259 e. The quantitative estimate of drug-likeness (QED) is 0.689. The average Bonchev–Trinajstić information content (AvgIpc) is 3.29. The second-order valence-corrected chi connectivity index (χ2v) is 11.7. The second kappa shape index (κ2) is 10.3. The SMILES string of the molecule is O=C(CSCc1nc2sc3c(c2c(=O)[nH]1)CCC3)N1CCCN(CC2CCCCC2)CC1. The van der Waals surface area contributed by atoms with Crippen LogP contribution in [0.1, 0.15) is 61.2 Å². The Bertz CT molecular complexity index is 1010. The molecule has 0 aromatic carbocycles. The van der Waals surface area contributed by atoms with Crippen LogP contribution in [0.3, 0.4) is 0 Å². The first kappa shape index (κ1) is 22.4. The molecule has 32 heavy (non-hydrogen) atoms. The van der Waals surface area contributed by atoms with Gasteiger partial charge in [-0.2, -0.15) is 0 Å². The summed E-state index contributed by atoms with van der Waals surface area (Å²) in [6.07, 6.45) is 11.2. The predicted molar refractivity (Wildman–Crippen MR) is 133 cm³/mol. The lowest BCUT2D eigenvalue weighted by atomic mass is 9.89. The number of carbonyl (C=O) groups is 1. The number of thioether (sulfide) groups is 1. The van der Waals surface area contributed by atoms with E-state index in [1.807, 2.05) is 4.90 Å². The Hall–Kier alpha value is -1.38. The highest BCUT2D eigenvalue weighted by Crippen LogP contribution is 2.34. The minimum absolute atomic E-state index is 0.0121. The first-order valence-corrected chi connectivity index (χ1v) is 14.3. The van der Waals surface area contributed by atoms with Gasteiger partial charge in [-0.15, -0.1) is 23.1 Å². The van der Waals surface area contributed by atoms with Crippen molar-refractivity contribution in [3.8, 4) is 0 Å². The topological polar surface area (TPSA) is 69.3 Å². The molecule has 3 aliphatic rings. The molecule has 1 aliphatic heterocycles. The molecular weight excluding hydrogens is 440 g/mol. The van der Waals surface area contributed by atoms with Crippen LogP contribution in [0.25, 0.3) is 10.2 Å². The Morgan fingerprint density at radius 3 is 2.81 bits per heavy atom. The van der Waals surface area contributed by atoms with Crippen molar-refractivity contribution in [3.63, 3.8) is 0 Å². The Morgan fingerprint density at radius 1 is 1.06 bits per heavy atom. The van der Waals surface area contributed by atoms with Gasteiger partial charge in [0, 0.05) is 31.1 Å². The number of nitrogens with zero attached hydrogens (tertiary/aromatic N) is 3. The van der Waals surface area contributed by atoms with Gasteiger partial charge in [-0.3, -0.25) is 9.59 Å². The monoisotopic (exact) mass is 474 g/mol. The van der Waals surface area contributed by atoms with E-state index in [9.17, 15) is 9.59 Å². The van der Waals surface area contributed by atoms with Crippen LogP contribution >= 0.6 is 23.1 Å². The third-order valence-electron chi connectivity index (χ3n) is 7.27. The van der Waals surface area contributed by atoms with E-state index in [4.69, 9.17) is 4.98 Å². The molecule has 6 nitrogen and oxygen atoms in total. The van der Waals surface area contributed by atoms with E-state index in [-0.39, 0.29) is 11.5 Å². The van der Waals surface area contributed by atoms with Gasteiger partial charge >= 0.3 is 0 Å². The van der Waals surface area contributed by atoms with Crippen LogP contribution in [-0.2, 0) is 23.4 Å². The molecule has 0 bridgehead atoms. The number of carbonyl (C=O) groups excluding carboxylic acids is 1. The second-order valence-electron chi connectivity index (χ2n) is 9.58. The minimum Gasteiger partial charge on any atom is -0.341 e. The Labute approximate surface area is 198 Å². The van der Waals surface area contributed by atoms with Gasteiger partial charge < -0.3 is 14.8 Å². The summed E-state index contributed by atoms with van der Waals surface area (Å²) in [7, 11) is 0. The summed E-state index contributed by atoms with van der Waals surface area (Å²) >= 11 is 3.23. The van der Waals surface area contributed by atoms with Gasteiger partial charge in [0.25, 0.3) is 5.56 Å². The normalized spacial score (nSPS) is 20.6. The number of rotatable bonds is 6. The first-order valence-electron chi connectivity index (χ1n) is 12.3. The van der Waals surface area contributed by atoms with Gasteiger partial charge in [-0.05, 0) is 56.6 Å². The Kier molecular flexibility index (Phi) is 7.19. The zero-order chi connectivity index (χ0) is 21.9. The minimum atomic E-state index is -0.0121. The van der Waals surface area contributed by atoms with Gasteiger partial charge in [-0.25, -0.2) is 4.98 Å². The Balaban J connectivity index is 1.10.